The number of hydrogen-bond acceptors (Lipinski definition) is 4. The number of rotatable bonds is 3. The molecule has 0 atom stereocenters. The first-order valence-corrected chi connectivity index (χ1v) is 5.63. The third kappa shape index (κ3) is 1.68. The Balaban J connectivity index is 2.38. The zero-order valence-corrected chi connectivity index (χ0v) is 8.79. The molecule has 0 saturated carbocycles. The van der Waals surface area contributed by atoms with E-state index in [4.69, 9.17) is 5.73 Å². The van der Waals surface area contributed by atoms with E-state index in [-0.39, 0.29) is 0 Å². The summed E-state index contributed by atoms with van der Waals surface area (Å²) < 4.78 is 1.64. The molecule has 2 aromatic rings. The number of nitrogen functional groups attached to an aromatic ring is 1. The van der Waals surface area contributed by atoms with Gasteiger partial charge in [-0.3, -0.25) is 0 Å². The first-order chi connectivity index (χ1) is 6.81. The summed E-state index contributed by atoms with van der Waals surface area (Å²) in [7, 11) is 0. The first-order valence-electron chi connectivity index (χ1n) is 4.48. The van der Waals surface area contributed by atoms with Crippen molar-refractivity contribution in [1.29, 1.82) is 0 Å². The van der Waals surface area contributed by atoms with Crippen molar-refractivity contribution in [2.75, 3.05) is 11.5 Å². The van der Waals surface area contributed by atoms with Crippen LogP contribution in [0.1, 0.15) is 12.6 Å². The van der Waals surface area contributed by atoms with Gasteiger partial charge in [-0.15, -0.1) is 0 Å². The minimum Gasteiger partial charge on any atom is -0.384 e. The van der Waals surface area contributed by atoms with E-state index >= 15 is 0 Å². The molecule has 0 bridgehead atoms. The van der Waals surface area contributed by atoms with Crippen LogP contribution in [-0.2, 0) is 5.75 Å². The molecule has 14 heavy (non-hydrogen) atoms. The largest absolute Gasteiger partial charge is 0.384 e. The fourth-order valence-electron chi connectivity index (χ4n) is 1.27. The van der Waals surface area contributed by atoms with E-state index in [0.29, 0.717) is 5.82 Å². The predicted octanol–water partition coefficient (Wildman–Crippen LogP) is 1.56. The topological polar surface area (TPSA) is 56.2 Å². The molecular formula is C9H12N4S. The van der Waals surface area contributed by atoms with Gasteiger partial charge in [0.2, 0.25) is 0 Å². The molecule has 2 heterocycles. The second-order valence-corrected chi connectivity index (χ2v) is 4.18. The van der Waals surface area contributed by atoms with Crippen molar-refractivity contribution in [2.24, 2.45) is 0 Å². The van der Waals surface area contributed by atoms with Gasteiger partial charge in [-0.05, 0) is 5.75 Å². The number of anilines is 1. The van der Waals surface area contributed by atoms with Gasteiger partial charge in [0, 0.05) is 17.9 Å². The average molecular weight is 208 g/mol. The van der Waals surface area contributed by atoms with Crippen LogP contribution < -0.4 is 5.73 Å². The van der Waals surface area contributed by atoms with Crippen molar-refractivity contribution in [3.63, 3.8) is 0 Å². The second-order valence-electron chi connectivity index (χ2n) is 2.91. The van der Waals surface area contributed by atoms with E-state index in [9.17, 15) is 0 Å². The van der Waals surface area contributed by atoms with Crippen LogP contribution in [0.25, 0.3) is 5.65 Å². The molecule has 2 rings (SSSR count). The maximum Gasteiger partial charge on any atom is 0.157 e. The summed E-state index contributed by atoms with van der Waals surface area (Å²) in [6.07, 6.45) is 1.70. The summed E-state index contributed by atoms with van der Waals surface area (Å²) in [6.45, 7) is 2.13. The fraction of sp³-hybridized carbons (Fsp3) is 0.333. The molecule has 0 aliphatic carbocycles. The number of thioether (sulfide) groups is 1. The Morgan fingerprint density at radius 2 is 2.43 bits per heavy atom. The van der Waals surface area contributed by atoms with Crippen LogP contribution in [0.2, 0.25) is 0 Å². The Morgan fingerprint density at radius 1 is 1.57 bits per heavy atom. The number of nitrogens with two attached hydrogens (primary N) is 1. The minimum atomic E-state index is 0.645. The van der Waals surface area contributed by atoms with Crippen LogP contribution >= 0.6 is 11.8 Å². The van der Waals surface area contributed by atoms with Crippen molar-refractivity contribution in [1.82, 2.24) is 14.6 Å². The lowest BCUT2D eigenvalue weighted by atomic mass is 10.4. The predicted molar refractivity (Wildman–Crippen MR) is 59.2 cm³/mol. The Bertz CT molecular complexity index is 437. The van der Waals surface area contributed by atoms with Gasteiger partial charge in [-0.1, -0.05) is 6.92 Å². The van der Waals surface area contributed by atoms with Crippen molar-refractivity contribution in [2.45, 2.75) is 12.7 Å². The molecule has 0 saturated heterocycles. The van der Waals surface area contributed by atoms with Crippen LogP contribution in [0.3, 0.4) is 0 Å². The summed E-state index contributed by atoms with van der Waals surface area (Å²) in [5.74, 6) is 2.64. The third-order valence-corrected chi connectivity index (χ3v) is 2.80. The molecule has 2 aromatic heterocycles. The second kappa shape index (κ2) is 3.88. The van der Waals surface area contributed by atoms with Gasteiger partial charge in [0.05, 0.1) is 11.9 Å². The molecule has 4 nitrogen and oxygen atoms in total. The quantitative estimate of drug-likeness (QED) is 0.831. The molecule has 0 aromatic carbocycles. The smallest absolute Gasteiger partial charge is 0.157 e. The lowest BCUT2D eigenvalue weighted by Gasteiger charge is -2.02. The zero-order valence-electron chi connectivity index (χ0n) is 7.97. The van der Waals surface area contributed by atoms with Crippen molar-refractivity contribution >= 4 is 23.2 Å². The summed E-state index contributed by atoms with van der Waals surface area (Å²) in [4.78, 5) is 4.43. The Kier molecular flexibility index (Phi) is 2.58. The SMILES string of the molecule is CCSCc1cc(N)n2nccc2n1. The molecule has 0 aliphatic rings. The van der Waals surface area contributed by atoms with Gasteiger partial charge < -0.3 is 5.73 Å². The minimum absolute atomic E-state index is 0.645. The summed E-state index contributed by atoms with van der Waals surface area (Å²) in [5.41, 5.74) is 7.66. The molecule has 0 fully saturated rings. The van der Waals surface area contributed by atoms with Crippen molar-refractivity contribution in [3.8, 4) is 0 Å². The maximum absolute atomic E-state index is 5.82. The van der Waals surface area contributed by atoms with Crippen LogP contribution in [0.4, 0.5) is 5.82 Å². The highest BCUT2D eigenvalue weighted by atomic mass is 32.2. The highest BCUT2D eigenvalue weighted by Gasteiger charge is 2.02. The Morgan fingerprint density at radius 3 is 3.21 bits per heavy atom. The lowest BCUT2D eigenvalue weighted by Crippen LogP contribution is -2.02. The molecule has 0 amide bonds. The molecule has 0 spiro atoms. The summed E-state index contributed by atoms with van der Waals surface area (Å²) >= 11 is 1.83. The van der Waals surface area contributed by atoms with Crippen LogP contribution in [0, 0.1) is 0 Å². The van der Waals surface area contributed by atoms with Gasteiger partial charge in [0.1, 0.15) is 5.82 Å². The number of aromatic nitrogens is 3. The number of hydrogen-bond donors (Lipinski definition) is 1. The van der Waals surface area contributed by atoms with Crippen LogP contribution in [0.15, 0.2) is 18.3 Å². The van der Waals surface area contributed by atoms with Gasteiger partial charge in [-0.2, -0.15) is 21.4 Å². The number of nitrogens with zero attached hydrogens (tertiary/aromatic N) is 3. The average Bonchev–Trinajstić information content (AvgIpc) is 2.63. The van der Waals surface area contributed by atoms with Crippen LogP contribution in [0.5, 0.6) is 0 Å². The standard InChI is InChI=1S/C9H12N4S/c1-2-14-6-7-5-8(10)13-9(12-7)3-4-11-13/h3-5H,2,6,10H2,1H3. The van der Waals surface area contributed by atoms with Gasteiger partial charge in [0.25, 0.3) is 0 Å². The van der Waals surface area contributed by atoms with E-state index in [2.05, 4.69) is 17.0 Å². The van der Waals surface area contributed by atoms with Crippen molar-refractivity contribution < 1.29 is 0 Å². The Hall–Kier alpha value is -1.23. The lowest BCUT2D eigenvalue weighted by molar-refractivity contribution is 0.940. The van der Waals surface area contributed by atoms with E-state index in [1.165, 1.54) is 0 Å². The molecule has 5 heteroatoms. The number of fused-ring (bicyclic) bond motifs is 1. The fourth-order valence-corrected chi connectivity index (χ4v) is 1.83. The zero-order chi connectivity index (χ0) is 9.97. The monoisotopic (exact) mass is 208 g/mol. The Labute approximate surface area is 86.5 Å². The summed E-state index contributed by atoms with van der Waals surface area (Å²) in [5, 5.41) is 4.06. The van der Waals surface area contributed by atoms with Gasteiger partial charge in [0.15, 0.2) is 5.65 Å². The highest BCUT2D eigenvalue weighted by molar-refractivity contribution is 7.98. The third-order valence-electron chi connectivity index (χ3n) is 1.89. The highest BCUT2D eigenvalue weighted by Crippen LogP contribution is 2.14. The molecular weight excluding hydrogens is 196 g/mol. The summed E-state index contributed by atoms with van der Waals surface area (Å²) in [6, 6.07) is 3.74. The van der Waals surface area contributed by atoms with E-state index in [0.717, 1.165) is 22.8 Å². The maximum atomic E-state index is 5.82. The normalized spacial score (nSPS) is 10.9. The van der Waals surface area contributed by atoms with Gasteiger partial charge >= 0.3 is 0 Å². The molecule has 0 aliphatic heterocycles. The van der Waals surface area contributed by atoms with E-state index < -0.39 is 0 Å². The molecule has 2 N–H and O–H groups in total. The molecule has 74 valence electrons. The van der Waals surface area contributed by atoms with E-state index in [1.54, 1.807) is 10.7 Å². The molecule has 0 unspecified atom stereocenters. The van der Waals surface area contributed by atoms with Crippen LogP contribution in [-0.4, -0.2) is 20.4 Å². The van der Waals surface area contributed by atoms with Crippen molar-refractivity contribution in [3.05, 3.63) is 24.0 Å². The van der Waals surface area contributed by atoms with Gasteiger partial charge in [-0.25, -0.2) is 4.98 Å². The first kappa shape index (κ1) is 9.33. The van der Waals surface area contributed by atoms with E-state index in [1.807, 2.05) is 23.9 Å². The molecule has 0 radical (unpaired) electrons.